The van der Waals surface area contributed by atoms with Crippen molar-refractivity contribution in [1.82, 2.24) is 0 Å². The maximum atomic E-state index is 12.9. The summed E-state index contributed by atoms with van der Waals surface area (Å²) in [6, 6.07) is 14.8. The molecule has 7 nitrogen and oxygen atoms in total. The van der Waals surface area contributed by atoms with Crippen molar-refractivity contribution >= 4 is 57.4 Å². The molecule has 0 bridgehead atoms. The van der Waals surface area contributed by atoms with E-state index in [4.69, 9.17) is 16.6 Å². The minimum atomic E-state index is -0.451. The molecule has 0 spiro atoms. The number of nitro groups is 1. The predicted molar refractivity (Wildman–Crippen MR) is 128 cm³/mol. The average molecular weight is 465 g/mol. The first-order chi connectivity index (χ1) is 15.2. The molecule has 1 fully saturated rings. The van der Waals surface area contributed by atoms with Crippen LogP contribution in [0.2, 0.25) is 0 Å². The third-order valence-electron chi connectivity index (χ3n) is 4.84. The summed E-state index contributed by atoms with van der Waals surface area (Å²) >= 11 is 6.50. The highest BCUT2D eigenvalue weighted by molar-refractivity contribution is 8.27. The number of ketones is 1. The molecule has 1 aliphatic rings. The molecule has 0 unspecified atom stereocenters. The Morgan fingerprint density at radius 1 is 1.16 bits per heavy atom. The number of aryl methyl sites for hydroxylation is 1. The standard InChI is InChI=1S/C23H16N2O5S2/c1-13-3-9-18(19(11-13)25(28)29)20-10-8-17(30-20)12-21-22(27)24(23(31)32-21)16-6-4-15(5-7-16)14(2)26/h3-12H,1-2H3. The number of hydrogen-bond acceptors (Lipinski definition) is 7. The van der Waals surface area contributed by atoms with E-state index in [0.29, 0.717) is 37.6 Å². The van der Waals surface area contributed by atoms with E-state index in [2.05, 4.69) is 0 Å². The highest BCUT2D eigenvalue weighted by Gasteiger charge is 2.33. The van der Waals surface area contributed by atoms with Crippen molar-refractivity contribution in [1.29, 1.82) is 0 Å². The van der Waals surface area contributed by atoms with Crippen LogP contribution in [0, 0.1) is 17.0 Å². The topological polar surface area (TPSA) is 93.7 Å². The van der Waals surface area contributed by atoms with E-state index < -0.39 is 4.92 Å². The quantitative estimate of drug-likeness (QED) is 0.155. The number of benzene rings is 2. The molecule has 2 heterocycles. The molecule has 1 amide bonds. The van der Waals surface area contributed by atoms with Gasteiger partial charge in [-0.2, -0.15) is 0 Å². The predicted octanol–water partition coefficient (Wildman–Crippen LogP) is 5.77. The zero-order chi connectivity index (χ0) is 23.0. The molecule has 2 aromatic carbocycles. The van der Waals surface area contributed by atoms with Crippen LogP contribution in [0.5, 0.6) is 0 Å². The van der Waals surface area contributed by atoms with Gasteiger partial charge in [-0.05, 0) is 61.9 Å². The van der Waals surface area contributed by atoms with E-state index in [0.717, 1.165) is 17.3 Å². The molecular formula is C23H16N2O5S2. The number of Topliss-reactive ketones (excluding diaryl/α,β-unsaturated/α-hetero) is 1. The van der Waals surface area contributed by atoms with Gasteiger partial charge in [0.05, 0.1) is 21.1 Å². The molecular weight excluding hydrogens is 448 g/mol. The van der Waals surface area contributed by atoms with Crippen LogP contribution in [0.3, 0.4) is 0 Å². The molecule has 4 rings (SSSR count). The van der Waals surface area contributed by atoms with Crippen LogP contribution in [-0.2, 0) is 4.79 Å². The zero-order valence-electron chi connectivity index (χ0n) is 17.0. The zero-order valence-corrected chi connectivity index (χ0v) is 18.7. The second kappa shape index (κ2) is 8.52. The van der Waals surface area contributed by atoms with E-state index in [1.807, 2.05) is 0 Å². The summed E-state index contributed by atoms with van der Waals surface area (Å²) < 4.78 is 6.14. The van der Waals surface area contributed by atoms with Crippen LogP contribution in [0.25, 0.3) is 17.4 Å². The summed E-state index contributed by atoms with van der Waals surface area (Å²) in [4.78, 5) is 37.1. The van der Waals surface area contributed by atoms with Gasteiger partial charge in [-0.15, -0.1) is 0 Å². The van der Waals surface area contributed by atoms with Crippen molar-refractivity contribution < 1.29 is 18.9 Å². The molecule has 160 valence electrons. The third-order valence-corrected chi connectivity index (χ3v) is 6.14. The lowest BCUT2D eigenvalue weighted by Gasteiger charge is -2.14. The van der Waals surface area contributed by atoms with Crippen molar-refractivity contribution in [2.24, 2.45) is 0 Å². The molecule has 0 radical (unpaired) electrons. The number of amides is 1. The number of furan rings is 1. The number of nitro benzene ring substituents is 1. The highest BCUT2D eigenvalue weighted by atomic mass is 32.2. The molecule has 1 aromatic heterocycles. The van der Waals surface area contributed by atoms with Gasteiger partial charge in [-0.3, -0.25) is 24.6 Å². The van der Waals surface area contributed by atoms with Crippen molar-refractivity contribution in [2.45, 2.75) is 13.8 Å². The van der Waals surface area contributed by atoms with E-state index in [1.165, 1.54) is 17.9 Å². The molecule has 32 heavy (non-hydrogen) atoms. The summed E-state index contributed by atoms with van der Waals surface area (Å²) in [5.41, 5.74) is 2.19. The lowest BCUT2D eigenvalue weighted by atomic mass is 10.1. The fourth-order valence-corrected chi connectivity index (χ4v) is 4.52. The summed E-state index contributed by atoms with van der Waals surface area (Å²) in [7, 11) is 0. The smallest absolute Gasteiger partial charge is 0.280 e. The van der Waals surface area contributed by atoms with Gasteiger partial charge in [0.15, 0.2) is 10.1 Å². The largest absolute Gasteiger partial charge is 0.456 e. The minimum Gasteiger partial charge on any atom is -0.456 e. The normalized spacial score (nSPS) is 14.9. The number of anilines is 1. The van der Waals surface area contributed by atoms with Crippen LogP contribution in [0.15, 0.2) is 63.9 Å². The molecule has 3 aromatic rings. The Balaban J connectivity index is 1.62. The second-order valence-corrected chi connectivity index (χ2v) is 8.78. The Morgan fingerprint density at radius 2 is 1.88 bits per heavy atom. The Kier molecular flexibility index (Phi) is 5.77. The molecule has 0 atom stereocenters. The number of rotatable bonds is 5. The summed E-state index contributed by atoms with van der Waals surface area (Å²) in [6.07, 6.45) is 1.56. The van der Waals surface area contributed by atoms with Crippen molar-refractivity contribution in [2.75, 3.05) is 4.90 Å². The maximum Gasteiger partial charge on any atom is 0.280 e. The minimum absolute atomic E-state index is 0.0498. The van der Waals surface area contributed by atoms with E-state index in [-0.39, 0.29) is 17.4 Å². The van der Waals surface area contributed by atoms with E-state index in [1.54, 1.807) is 61.5 Å². The average Bonchev–Trinajstić information content (AvgIpc) is 3.32. The molecule has 9 heteroatoms. The number of carbonyl (C=O) groups excluding carboxylic acids is 2. The van der Waals surface area contributed by atoms with Crippen LogP contribution < -0.4 is 4.90 Å². The Hall–Kier alpha value is -3.56. The van der Waals surface area contributed by atoms with Crippen LogP contribution in [0.1, 0.15) is 28.6 Å². The Labute approximate surface area is 192 Å². The lowest BCUT2D eigenvalue weighted by molar-refractivity contribution is -0.384. The van der Waals surface area contributed by atoms with Crippen molar-refractivity contribution in [3.8, 4) is 11.3 Å². The molecule has 0 saturated carbocycles. The first kappa shape index (κ1) is 21.7. The Morgan fingerprint density at radius 3 is 2.53 bits per heavy atom. The van der Waals surface area contributed by atoms with Gasteiger partial charge < -0.3 is 4.42 Å². The second-order valence-electron chi connectivity index (χ2n) is 7.10. The first-order valence-electron chi connectivity index (χ1n) is 9.49. The summed E-state index contributed by atoms with van der Waals surface area (Å²) in [5, 5.41) is 11.4. The Bertz CT molecular complexity index is 1310. The van der Waals surface area contributed by atoms with Gasteiger partial charge in [0.2, 0.25) is 0 Å². The summed E-state index contributed by atoms with van der Waals surface area (Å²) in [6.45, 7) is 3.25. The van der Waals surface area contributed by atoms with E-state index in [9.17, 15) is 19.7 Å². The van der Waals surface area contributed by atoms with Gasteiger partial charge in [0, 0.05) is 17.7 Å². The maximum absolute atomic E-state index is 12.9. The number of nitrogens with zero attached hydrogens (tertiary/aromatic N) is 2. The van der Waals surface area contributed by atoms with Crippen LogP contribution >= 0.6 is 24.0 Å². The fourth-order valence-electron chi connectivity index (χ4n) is 3.24. The third kappa shape index (κ3) is 4.12. The van der Waals surface area contributed by atoms with Gasteiger partial charge >= 0.3 is 0 Å². The van der Waals surface area contributed by atoms with E-state index >= 15 is 0 Å². The molecule has 1 saturated heterocycles. The van der Waals surface area contributed by atoms with Gasteiger partial charge in [0.1, 0.15) is 11.5 Å². The fraction of sp³-hybridized carbons (Fsp3) is 0.0870. The van der Waals surface area contributed by atoms with Crippen molar-refractivity contribution in [3.05, 3.63) is 86.5 Å². The molecule has 0 N–H and O–H groups in total. The lowest BCUT2D eigenvalue weighted by Crippen LogP contribution is -2.27. The first-order valence-corrected chi connectivity index (χ1v) is 10.7. The monoisotopic (exact) mass is 464 g/mol. The molecule has 0 aliphatic carbocycles. The van der Waals surface area contributed by atoms with Crippen LogP contribution in [0.4, 0.5) is 11.4 Å². The van der Waals surface area contributed by atoms with Gasteiger partial charge in [0.25, 0.3) is 11.6 Å². The highest BCUT2D eigenvalue weighted by Crippen LogP contribution is 2.37. The van der Waals surface area contributed by atoms with Crippen LogP contribution in [-0.4, -0.2) is 20.9 Å². The summed E-state index contributed by atoms with van der Waals surface area (Å²) in [5.74, 6) is 0.333. The number of thiocarbonyl (C=S) groups is 1. The number of hydrogen-bond donors (Lipinski definition) is 0. The number of thioether (sulfide) groups is 1. The number of carbonyl (C=O) groups is 2. The van der Waals surface area contributed by atoms with Crippen molar-refractivity contribution in [3.63, 3.8) is 0 Å². The van der Waals surface area contributed by atoms with Gasteiger partial charge in [-0.25, -0.2) is 0 Å². The molecule has 1 aliphatic heterocycles. The SMILES string of the molecule is CC(=O)c1ccc(N2C(=O)C(=Cc3ccc(-c4ccc(C)cc4[N+](=O)[O-])o3)SC2=S)cc1. The van der Waals surface area contributed by atoms with Gasteiger partial charge in [-0.1, -0.05) is 30.0 Å².